The summed E-state index contributed by atoms with van der Waals surface area (Å²) in [5.74, 6) is -2.10. The fourth-order valence-corrected chi connectivity index (χ4v) is 1.49. The number of phenols is 1. The standard InChI is InChI=1S/C11H13N3O8/c1-11(2,3)5-22-10-7(13(18)19)4-6(12(16)17)9(15)8(10)14(20)21/h4,15H,5H2,1-3H3. The smallest absolute Gasteiger partial charge is 0.366 e. The molecule has 0 aliphatic rings. The molecular weight excluding hydrogens is 302 g/mol. The first-order valence-electron chi connectivity index (χ1n) is 5.91. The molecule has 1 rings (SSSR count). The van der Waals surface area contributed by atoms with Crippen molar-refractivity contribution in [3.63, 3.8) is 0 Å². The van der Waals surface area contributed by atoms with Gasteiger partial charge in [-0.25, -0.2) is 0 Å². The molecule has 0 saturated carbocycles. The molecule has 0 aromatic heterocycles. The van der Waals surface area contributed by atoms with Crippen molar-refractivity contribution in [2.24, 2.45) is 5.41 Å². The van der Waals surface area contributed by atoms with Gasteiger partial charge < -0.3 is 9.84 Å². The van der Waals surface area contributed by atoms with Crippen LogP contribution in [0.1, 0.15) is 20.8 Å². The molecule has 120 valence electrons. The summed E-state index contributed by atoms with van der Waals surface area (Å²) in [6, 6.07) is 0.431. The monoisotopic (exact) mass is 315 g/mol. The summed E-state index contributed by atoms with van der Waals surface area (Å²) in [4.78, 5) is 29.4. The molecule has 0 amide bonds. The Morgan fingerprint density at radius 2 is 1.55 bits per heavy atom. The Hall–Kier alpha value is -2.98. The highest BCUT2D eigenvalue weighted by Crippen LogP contribution is 2.48. The van der Waals surface area contributed by atoms with E-state index in [9.17, 15) is 35.4 Å². The lowest BCUT2D eigenvalue weighted by atomic mass is 9.98. The van der Waals surface area contributed by atoms with Gasteiger partial charge in [0.05, 0.1) is 21.4 Å². The van der Waals surface area contributed by atoms with Crippen molar-refractivity contribution >= 4 is 17.1 Å². The van der Waals surface area contributed by atoms with Crippen LogP contribution >= 0.6 is 0 Å². The number of nitro groups is 3. The van der Waals surface area contributed by atoms with E-state index in [-0.39, 0.29) is 6.61 Å². The van der Waals surface area contributed by atoms with E-state index in [1.54, 1.807) is 20.8 Å². The molecule has 1 N–H and O–H groups in total. The summed E-state index contributed by atoms with van der Waals surface area (Å²) in [5.41, 5.74) is -3.79. The van der Waals surface area contributed by atoms with Crippen LogP contribution in [0.25, 0.3) is 0 Å². The van der Waals surface area contributed by atoms with Gasteiger partial charge >= 0.3 is 17.1 Å². The highest BCUT2D eigenvalue weighted by molar-refractivity contribution is 5.74. The van der Waals surface area contributed by atoms with Gasteiger partial charge in [-0.15, -0.1) is 0 Å². The Balaban J connectivity index is 3.63. The van der Waals surface area contributed by atoms with E-state index in [1.165, 1.54) is 0 Å². The van der Waals surface area contributed by atoms with E-state index in [0.717, 1.165) is 0 Å². The number of hydrogen-bond acceptors (Lipinski definition) is 8. The Morgan fingerprint density at radius 1 is 1.05 bits per heavy atom. The van der Waals surface area contributed by atoms with Crippen LogP contribution in [0.3, 0.4) is 0 Å². The first kappa shape index (κ1) is 17.1. The molecule has 11 nitrogen and oxygen atoms in total. The van der Waals surface area contributed by atoms with Crippen LogP contribution in [0.2, 0.25) is 0 Å². The molecule has 0 aliphatic carbocycles. The molecule has 0 heterocycles. The fourth-order valence-electron chi connectivity index (χ4n) is 1.49. The molecular formula is C11H13N3O8. The SMILES string of the molecule is CC(C)(C)COc1c([N+](=O)[O-])cc([N+](=O)[O-])c(O)c1[N+](=O)[O-]. The molecule has 0 unspecified atom stereocenters. The lowest BCUT2D eigenvalue weighted by Gasteiger charge is -2.18. The van der Waals surface area contributed by atoms with Crippen molar-refractivity contribution in [3.8, 4) is 11.5 Å². The van der Waals surface area contributed by atoms with Crippen molar-refractivity contribution < 1.29 is 24.6 Å². The summed E-state index contributed by atoms with van der Waals surface area (Å²) in [5, 5.41) is 42.5. The average Bonchev–Trinajstić information content (AvgIpc) is 2.33. The lowest BCUT2D eigenvalue weighted by molar-refractivity contribution is -0.405. The molecule has 22 heavy (non-hydrogen) atoms. The van der Waals surface area contributed by atoms with Crippen molar-refractivity contribution in [2.45, 2.75) is 20.8 Å². The second kappa shape index (κ2) is 5.79. The van der Waals surface area contributed by atoms with Gasteiger partial charge in [-0.1, -0.05) is 20.8 Å². The van der Waals surface area contributed by atoms with Gasteiger partial charge in [0.25, 0.3) is 11.5 Å². The largest absolute Gasteiger partial charge is 0.497 e. The topological polar surface area (TPSA) is 159 Å². The zero-order chi connectivity index (χ0) is 17.2. The second-order valence-electron chi connectivity index (χ2n) is 5.56. The first-order chi connectivity index (χ1) is 9.95. The normalized spacial score (nSPS) is 11.0. The number of benzene rings is 1. The molecule has 0 fully saturated rings. The number of phenolic OH excluding ortho intramolecular Hbond substituents is 1. The van der Waals surface area contributed by atoms with Crippen LogP contribution in [0, 0.1) is 35.8 Å². The van der Waals surface area contributed by atoms with E-state index < -0.39 is 48.7 Å². The molecule has 0 spiro atoms. The van der Waals surface area contributed by atoms with Crippen molar-refractivity contribution in [1.29, 1.82) is 0 Å². The van der Waals surface area contributed by atoms with E-state index >= 15 is 0 Å². The summed E-state index contributed by atoms with van der Waals surface area (Å²) in [7, 11) is 0. The lowest BCUT2D eigenvalue weighted by Crippen LogP contribution is -2.18. The minimum atomic E-state index is -1.29. The van der Waals surface area contributed by atoms with Crippen LogP contribution in [-0.4, -0.2) is 26.5 Å². The molecule has 0 aliphatic heterocycles. The second-order valence-corrected chi connectivity index (χ2v) is 5.56. The number of aromatic hydroxyl groups is 1. The number of hydrogen-bond donors (Lipinski definition) is 1. The van der Waals surface area contributed by atoms with E-state index in [2.05, 4.69) is 0 Å². The minimum Gasteiger partial charge on any atom is -0.497 e. The number of nitrogens with zero attached hydrogens (tertiary/aromatic N) is 3. The number of nitro benzene ring substituents is 3. The van der Waals surface area contributed by atoms with Gasteiger partial charge in [-0.3, -0.25) is 30.3 Å². The Morgan fingerprint density at radius 3 is 1.91 bits per heavy atom. The van der Waals surface area contributed by atoms with Crippen LogP contribution in [0.4, 0.5) is 17.1 Å². The van der Waals surface area contributed by atoms with Crippen molar-refractivity contribution in [1.82, 2.24) is 0 Å². The van der Waals surface area contributed by atoms with Crippen molar-refractivity contribution in [3.05, 3.63) is 36.4 Å². The molecule has 11 heteroatoms. The maximum absolute atomic E-state index is 11.0. The quantitative estimate of drug-likeness (QED) is 0.640. The maximum Gasteiger partial charge on any atom is 0.366 e. The summed E-state index contributed by atoms with van der Waals surface area (Å²) < 4.78 is 5.10. The Labute approximate surface area is 123 Å². The predicted molar refractivity (Wildman–Crippen MR) is 73.0 cm³/mol. The molecule has 0 bridgehead atoms. The van der Waals surface area contributed by atoms with Gasteiger partial charge in [0.1, 0.15) is 6.07 Å². The van der Waals surface area contributed by atoms with E-state index in [1.807, 2.05) is 0 Å². The highest BCUT2D eigenvalue weighted by atomic mass is 16.6. The van der Waals surface area contributed by atoms with Crippen LogP contribution < -0.4 is 4.74 Å². The average molecular weight is 315 g/mol. The molecule has 1 aromatic carbocycles. The van der Waals surface area contributed by atoms with Crippen LogP contribution in [-0.2, 0) is 0 Å². The first-order valence-corrected chi connectivity index (χ1v) is 5.91. The van der Waals surface area contributed by atoms with Crippen LogP contribution in [0.15, 0.2) is 6.07 Å². The minimum absolute atomic E-state index is 0.133. The zero-order valence-electron chi connectivity index (χ0n) is 11.9. The third-order valence-electron chi connectivity index (χ3n) is 2.41. The van der Waals surface area contributed by atoms with Gasteiger partial charge in [0.2, 0.25) is 0 Å². The molecule has 0 radical (unpaired) electrons. The van der Waals surface area contributed by atoms with Crippen LogP contribution in [0.5, 0.6) is 11.5 Å². The van der Waals surface area contributed by atoms with Gasteiger partial charge in [0, 0.05) is 0 Å². The highest BCUT2D eigenvalue weighted by Gasteiger charge is 2.39. The number of rotatable bonds is 5. The molecule has 0 saturated heterocycles. The van der Waals surface area contributed by atoms with E-state index in [0.29, 0.717) is 6.07 Å². The fraction of sp³-hybridized carbons (Fsp3) is 0.455. The Kier molecular flexibility index (Phi) is 4.49. The summed E-state index contributed by atoms with van der Waals surface area (Å²) in [6.45, 7) is 5.02. The Bertz CT molecular complexity index is 650. The summed E-state index contributed by atoms with van der Waals surface area (Å²) in [6.07, 6.45) is 0. The van der Waals surface area contributed by atoms with E-state index in [4.69, 9.17) is 4.74 Å². The third kappa shape index (κ3) is 3.56. The number of ether oxygens (including phenoxy) is 1. The summed E-state index contributed by atoms with van der Waals surface area (Å²) >= 11 is 0. The van der Waals surface area contributed by atoms with Gasteiger partial charge in [-0.2, -0.15) is 0 Å². The third-order valence-corrected chi connectivity index (χ3v) is 2.41. The van der Waals surface area contributed by atoms with Crippen molar-refractivity contribution in [2.75, 3.05) is 6.61 Å². The zero-order valence-corrected chi connectivity index (χ0v) is 11.9. The van der Waals surface area contributed by atoms with Gasteiger partial charge in [-0.05, 0) is 5.41 Å². The molecule has 1 aromatic rings. The van der Waals surface area contributed by atoms with Gasteiger partial charge in [0.15, 0.2) is 0 Å². The maximum atomic E-state index is 11.0. The predicted octanol–water partition coefficient (Wildman–Crippen LogP) is 2.54. The molecule has 0 atom stereocenters.